The van der Waals surface area contributed by atoms with Crippen molar-refractivity contribution in [2.75, 3.05) is 19.0 Å². The van der Waals surface area contributed by atoms with Gasteiger partial charge in [0.2, 0.25) is 5.91 Å². The molecule has 0 saturated heterocycles. The Morgan fingerprint density at radius 3 is 2.68 bits per heavy atom. The van der Waals surface area contributed by atoms with Gasteiger partial charge >= 0.3 is 6.03 Å². The van der Waals surface area contributed by atoms with E-state index in [9.17, 15) is 9.59 Å². The zero-order chi connectivity index (χ0) is 24.5. The normalized spacial score (nSPS) is 19.8. The molecular formula is C27H36N4O3. The van der Waals surface area contributed by atoms with Crippen LogP contribution in [0.3, 0.4) is 0 Å². The molecule has 0 saturated carbocycles. The molecule has 1 aromatic carbocycles. The maximum absolute atomic E-state index is 12.6. The predicted octanol–water partition coefficient (Wildman–Crippen LogP) is 4.77. The molecule has 182 valence electrons. The molecule has 7 nitrogen and oxygen atoms in total. The van der Waals surface area contributed by atoms with Gasteiger partial charge in [0.05, 0.1) is 19.3 Å². The van der Waals surface area contributed by atoms with Crippen molar-refractivity contribution in [1.29, 1.82) is 0 Å². The lowest BCUT2D eigenvalue weighted by molar-refractivity contribution is -0.122. The van der Waals surface area contributed by atoms with Crippen LogP contribution in [0.2, 0.25) is 0 Å². The first-order chi connectivity index (χ1) is 16.4. The van der Waals surface area contributed by atoms with Crippen LogP contribution in [0.5, 0.6) is 5.75 Å². The average molecular weight is 465 g/mol. The highest BCUT2D eigenvalue weighted by atomic mass is 16.5. The molecule has 3 rings (SSSR count). The third-order valence-electron chi connectivity index (χ3n) is 6.53. The van der Waals surface area contributed by atoms with E-state index in [1.807, 2.05) is 36.4 Å². The average Bonchev–Trinajstić information content (AvgIpc) is 2.83. The summed E-state index contributed by atoms with van der Waals surface area (Å²) in [5, 5.41) is 8.87. The monoisotopic (exact) mass is 464 g/mol. The lowest BCUT2D eigenvalue weighted by atomic mass is 9.70. The maximum Gasteiger partial charge on any atom is 0.319 e. The Balaban J connectivity index is 1.54. The van der Waals surface area contributed by atoms with Crippen LogP contribution in [0.4, 0.5) is 10.5 Å². The summed E-state index contributed by atoms with van der Waals surface area (Å²) >= 11 is 0. The number of nitrogens with one attached hydrogen (secondary N) is 3. The van der Waals surface area contributed by atoms with Crippen molar-refractivity contribution in [2.24, 2.45) is 23.7 Å². The fourth-order valence-corrected chi connectivity index (χ4v) is 4.58. The van der Waals surface area contributed by atoms with E-state index in [1.165, 1.54) is 5.57 Å². The third kappa shape index (κ3) is 7.33. The Bertz CT molecular complexity index is 990. The third-order valence-corrected chi connectivity index (χ3v) is 6.53. The first-order valence-electron chi connectivity index (χ1n) is 11.9. The Kier molecular flexibility index (Phi) is 9.08. The van der Waals surface area contributed by atoms with Crippen molar-refractivity contribution in [3.8, 4) is 5.75 Å². The van der Waals surface area contributed by atoms with Crippen LogP contribution < -0.4 is 20.7 Å². The van der Waals surface area contributed by atoms with Crippen molar-refractivity contribution in [3.63, 3.8) is 0 Å². The van der Waals surface area contributed by atoms with Crippen LogP contribution in [-0.2, 0) is 11.3 Å². The molecule has 3 amide bonds. The van der Waals surface area contributed by atoms with Crippen LogP contribution in [0, 0.1) is 23.7 Å². The number of hydrogen-bond donors (Lipinski definition) is 3. The van der Waals surface area contributed by atoms with Crippen LogP contribution in [0.15, 0.2) is 60.3 Å². The van der Waals surface area contributed by atoms with Crippen molar-refractivity contribution >= 4 is 17.6 Å². The smallest absolute Gasteiger partial charge is 0.319 e. The number of carbonyl (C=O) groups is 2. The van der Waals surface area contributed by atoms with Gasteiger partial charge in [0, 0.05) is 30.9 Å². The highest BCUT2D eigenvalue weighted by molar-refractivity contribution is 5.89. The van der Waals surface area contributed by atoms with Crippen molar-refractivity contribution in [1.82, 2.24) is 15.6 Å². The number of anilines is 1. The fraction of sp³-hybridized carbons (Fsp3) is 0.444. The van der Waals surface area contributed by atoms with Crippen molar-refractivity contribution in [3.05, 3.63) is 66.0 Å². The SMILES string of the molecule is COc1cccc(NC(=O)NCC2C=C(C)C(CC(=O)NCc3ccccn3)CC2C(C)C)c1. The Labute approximate surface area is 202 Å². The minimum Gasteiger partial charge on any atom is -0.497 e. The van der Waals surface area contributed by atoms with Crippen LogP contribution >= 0.6 is 0 Å². The number of methoxy groups -OCH3 is 1. The van der Waals surface area contributed by atoms with Gasteiger partial charge in [-0.25, -0.2) is 4.79 Å². The van der Waals surface area contributed by atoms with Gasteiger partial charge in [0.1, 0.15) is 5.75 Å². The number of benzene rings is 1. The second-order valence-electron chi connectivity index (χ2n) is 9.28. The topological polar surface area (TPSA) is 92.4 Å². The maximum atomic E-state index is 12.6. The number of ether oxygens (including phenoxy) is 1. The quantitative estimate of drug-likeness (QED) is 0.466. The number of aromatic nitrogens is 1. The van der Waals surface area contributed by atoms with Gasteiger partial charge in [-0.15, -0.1) is 0 Å². The standard InChI is InChI=1S/C27H36N4O3/c1-18(2)25-13-20(14-26(32)29-17-23-8-5-6-11-28-23)19(3)12-21(25)16-30-27(33)31-22-9-7-10-24(15-22)34-4/h5-12,15,18,20-21,25H,13-14,16-17H2,1-4H3,(H,29,32)(H2,30,31,33). The Hall–Kier alpha value is -3.35. The number of hydrogen-bond acceptors (Lipinski definition) is 4. The van der Waals surface area contributed by atoms with E-state index in [2.05, 4.69) is 47.8 Å². The molecule has 7 heteroatoms. The van der Waals surface area contributed by atoms with E-state index in [1.54, 1.807) is 19.4 Å². The van der Waals surface area contributed by atoms with E-state index < -0.39 is 0 Å². The summed E-state index contributed by atoms with van der Waals surface area (Å²) in [6.45, 7) is 7.50. The summed E-state index contributed by atoms with van der Waals surface area (Å²) in [6, 6.07) is 12.7. The van der Waals surface area contributed by atoms with Crippen LogP contribution in [-0.4, -0.2) is 30.6 Å². The number of allylic oxidation sites excluding steroid dienone is 1. The summed E-state index contributed by atoms with van der Waals surface area (Å²) in [5.74, 6) is 1.99. The molecule has 0 spiro atoms. The second-order valence-corrected chi connectivity index (χ2v) is 9.28. The number of nitrogens with zero attached hydrogens (tertiary/aromatic N) is 1. The van der Waals surface area contributed by atoms with Crippen molar-refractivity contribution in [2.45, 2.75) is 40.2 Å². The number of rotatable bonds is 9. The van der Waals surface area contributed by atoms with Crippen LogP contribution in [0.25, 0.3) is 0 Å². The van der Waals surface area contributed by atoms with Gasteiger partial charge in [-0.2, -0.15) is 0 Å². The lowest BCUT2D eigenvalue weighted by Crippen LogP contribution is -2.39. The van der Waals surface area contributed by atoms with E-state index in [4.69, 9.17) is 4.74 Å². The second kappa shape index (κ2) is 12.2. The summed E-state index contributed by atoms with van der Waals surface area (Å²) in [5.41, 5.74) is 2.75. The molecule has 0 fully saturated rings. The Morgan fingerprint density at radius 2 is 1.97 bits per heavy atom. The number of urea groups is 1. The number of pyridine rings is 1. The minimum absolute atomic E-state index is 0.0418. The molecule has 1 heterocycles. The summed E-state index contributed by atoms with van der Waals surface area (Å²) in [6.07, 6.45) is 5.38. The first-order valence-corrected chi connectivity index (χ1v) is 11.9. The molecule has 1 aliphatic carbocycles. The summed E-state index contributed by atoms with van der Waals surface area (Å²) in [4.78, 5) is 29.3. The first kappa shape index (κ1) is 25.3. The van der Waals surface area contributed by atoms with Crippen molar-refractivity contribution < 1.29 is 14.3 Å². The minimum atomic E-state index is -0.238. The van der Waals surface area contributed by atoms with Gasteiger partial charge in [-0.1, -0.05) is 37.6 Å². The molecule has 1 aromatic heterocycles. The van der Waals surface area contributed by atoms with Gasteiger partial charge in [0.15, 0.2) is 0 Å². The number of amides is 3. The molecule has 0 radical (unpaired) electrons. The molecule has 3 N–H and O–H groups in total. The van der Waals surface area contributed by atoms with Gasteiger partial charge in [0.25, 0.3) is 0 Å². The summed E-state index contributed by atoms with van der Waals surface area (Å²) in [7, 11) is 1.60. The zero-order valence-electron chi connectivity index (χ0n) is 20.5. The predicted molar refractivity (Wildman–Crippen MR) is 134 cm³/mol. The Morgan fingerprint density at radius 1 is 1.15 bits per heavy atom. The van der Waals surface area contributed by atoms with E-state index in [-0.39, 0.29) is 23.8 Å². The molecule has 3 unspecified atom stereocenters. The summed E-state index contributed by atoms with van der Waals surface area (Å²) < 4.78 is 5.21. The lowest BCUT2D eigenvalue weighted by Gasteiger charge is -2.37. The van der Waals surface area contributed by atoms with Gasteiger partial charge in [-0.05, 0) is 61.3 Å². The van der Waals surface area contributed by atoms with E-state index in [0.29, 0.717) is 42.8 Å². The van der Waals surface area contributed by atoms with E-state index >= 15 is 0 Å². The highest BCUT2D eigenvalue weighted by Gasteiger charge is 2.32. The zero-order valence-corrected chi connectivity index (χ0v) is 20.5. The molecule has 2 aromatic rings. The molecular weight excluding hydrogens is 428 g/mol. The highest BCUT2D eigenvalue weighted by Crippen LogP contribution is 2.38. The van der Waals surface area contributed by atoms with Gasteiger partial charge < -0.3 is 20.7 Å². The fourth-order valence-electron chi connectivity index (χ4n) is 4.58. The largest absolute Gasteiger partial charge is 0.497 e. The molecule has 1 aliphatic rings. The van der Waals surface area contributed by atoms with Crippen LogP contribution in [0.1, 0.15) is 39.3 Å². The van der Waals surface area contributed by atoms with E-state index in [0.717, 1.165) is 12.1 Å². The molecule has 0 bridgehead atoms. The molecule has 3 atom stereocenters. The molecule has 34 heavy (non-hydrogen) atoms. The molecule has 0 aliphatic heterocycles. The number of carbonyl (C=O) groups excluding carboxylic acids is 2. The van der Waals surface area contributed by atoms with Gasteiger partial charge in [-0.3, -0.25) is 9.78 Å².